The molecule has 1 aromatic carbocycles. The highest BCUT2D eigenvalue weighted by atomic mass is 16.5. The first-order valence-corrected chi connectivity index (χ1v) is 8.35. The van der Waals surface area contributed by atoms with Crippen molar-refractivity contribution in [2.75, 3.05) is 47.3 Å². The Bertz CT molecular complexity index is 702. The van der Waals surface area contributed by atoms with Crippen LogP contribution in [0.15, 0.2) is 39.5 Å². The number of rotatable bonds is 11. The molecule has 0 aliphatic heterocycles. The molecule has 2 aromatic rings. The molecule has 0 spiro atoms. The zero-order valence-corrected chi connectivity index (χ0v) is 15.1. The molecule has 0 amide bonds. The summed E-state index contributed by atoms with van der Waals surface area (Å²) in [5.74, 6) is 0.640. The first kappa shape index (κ1) is 19.4. The van der Waals surface area contributed by atoms with Crippen LogP contribution in [0.4, 0.5) is 0 Å². The van der Waals surface area contributed by atoms with Gasteiger partial charge in [0.1, 0.15) is 17.9 Å². The maximum atomic E-state index is 11.3. The van der Waals surface area contributed by atoms with Crippen LogP contribution in [0.5, 0.6) is 5.75 Å². The van der Waals surface area contributed by atoms with Crippen LogP contribution in [-0.4, -0.2) is 47.3 Å². The van der Waals surface area contributed by atoms with E-state index in [-0.39, 0.29) is 11.0 Å². The maximum Gasteiger partial charge on any atom is 0.336 e. The Balaban J connectivity index is 1.83. The van der Waals surface area contributed by atoms with E-state index in [0.717, 1.165) is 11.8 Å². The minimum absolute atomic E-state index is 0.143. The Morgan fingerprint density at radius 1 is 1.00 bits per heavy atom. The lowest BCUT2D eigenvalue weighted by Gasteiger charge is -2.30. The molecule has 0 saturated heterocycles. The summed E-state index contributed by atoms with van der Waals surface area (Å²) in [5, 5.41) is 0.857. The lowest BCUT2D eigenvalue weighted by atomic mass is 9.88. The fraction of sp³-hybridized carbons (Fsp3) is 0.526. The van der Waals surface area contributed by atoms with Gasteiger partial charge in [0.2, 0.25) is 0 Å². The minimum atomic E-state index is -0.375. The standard InChI is InChI=1S/C19H26O6/c1-4-19(12-21-2,13-22-3)14-23-9-10-24-16-7-5-15-6-8-18(20)25-17(15)11-16/h5-8,11H,4,9-10,12-14H2,1-3H3. The summed E-state index contributed by atoms with van der Waals surface area (Å²) in [7, 11) is 3.36. The molecule has 1 heterocycles. The molecule has 0 N–H and O–H groups in total. The summed E-state index contributed by atoms with van der Waals surface area (Å²) in [6.45, 7) is 4.67. The Labute approximate surface area is 147 Å². The summed E-state index contributed by atoms with van der Waals surface area (Å²) in [6, 6.07) is 8.53. The van der Waals surface area contributed by atoms with Gasteiger partial charge >= 0.3 is 5.63 Å². The van der Waals surface area contributed by atoms with Crippen LogP contribution >= 0.6 is 0 Å². The van der Waals surface area contributed by atoms with Gasteiger partial charge in [0.25, 0.3) is 0 Å². The number of fused-ring (bicyclic) bond motifs is 1. The smallest absolute Gasteiger partial charge is 0.336 e. The van der Waals surface area contributed by atoms with Crippen molar-refractivity contribution < 1.29 is 23.4 Å². The summed E-state index contributed by atoms with van der Waals surface area (Å²) >= 11 is 0. The molecular formula is C19H26O6. The van der Waals surface area contributed by atoms with Crippen molar-refractivity contribution in [3.63, 3.8) is 0 Å². The Kier molecular flexibility index (Phi) is 7.43. The highest BCUT2D eigenvalue weighted by molar-refractivity contribution is 5.77. The summed E-state index contributed by atoms with van der Waals surface area (Å²) < 4.78 is 27.2. The Morgan fingerprint density at radius 2 is 1.72 bits per heavy atom. The van der Waals surface area contributed by atoms with Gasteiger partial charge in [-0.15, -0.1) is 0 Å². The number of hydrogen-bond acceptors (Lipinski definition) is 6. The fourth-order valence-electron chi connectivity index (χ4n) is 2.68. The zero-order chi connectivity index (χ0) is 18.1. The second kappa shape index (κ2) is 9.56. The highest BCUT2D eigenvalue weighted by Crippen LogP contribution is 2.23. The third-order valence-corrected chi connectivity index (χ3v) is 4.15. The SMILES string of the molecule is CCC(COC)(COC)COCCOc1ccc2ccc(=O)oc2c1. The Hall–Kier alpha value is -1.89. The highest BCUT2D eigenvalue weighted by Gasteiger charge is 2.28. The molecule has 0 aliphatic carbocycles. The lowest BCUT2D eigenvalue weighted by molar-refractivity contribution is -0.0559. The van der Waals surface area contributed by atoms with Gasteiger partial charge in [-0.25, -0.2) is 4.79 Å². The van der Waals surface area contributed by atoms with Crippen LogP contribution in [0.3, 0.4) is 0 Å². The van der Waals surface area contributed by atoms with E-state index >= 15 is 0 Å². The molecule has 0 unspecified atom stereocenters. The van der Waals surface area contributed by atoms with Crippen molar-refractivity contribution in [2.24, 2.45) is 5.41 Å². The van der Waals surface area contributed by atoms with Crippen molar-refractivity contribution in [1.82, 2.24) is 0 Å². The molecule has 2 rings (SSSR count). The van der Waals surface area contributed by atoms with Crippen LogP contribution in [0, 0.1) is 5.41 Å². The number of methoxy groups -OCH3 is 2. The van der Waals surface area contributed by atoms with Gasteiger partial charge in [-0.3, -0.25) is 0 Å². The normalized spacial score (nSPS) is 11.8. The van der Waals surface area contributed by atoms with Gasteiger partial charge in [-0.2, -0.15) is 0 Å². The van der Waals surface area contributed by atoms with Crippen LogP contribution in [0.25, 0.3) is 11.0 Å². The average molecular weight is 350 g/mol. The van der Waals surface area contributed by atoms with Crippen LogP contribution in [0.2, 0.25) is 0 Å². The second-order valence-corrected chi connectivity index (χ2v) is 6.07. The van der Waals surface area contributed by atoms with E-state index in [1.165, 1.54) is 6.07 Å². The van der Waals surface area contributed by atoms with Crippen LogP contribution in [-0.2, 0) is 14.2 Å². The average Bonchev–Trinajstić information content (AvgIpc) is 2.61. The third-order valence-electron chi connectivity index (χ3n) is 4.15. The topological polar surface area (TPSA) is 67.1 Å². The van der Waals surface area contributed by atoms with Crippen molar-refractivity contribution in [2.45, 2.75) is 13.3 Å². The van der Waals surface area contributed by atoms with Gasteiger partial charge in [0, 0.05) is 37.2 Å². The molecule has 0 aliphatic rings. The second-order valence-electron chi connectivity index (χ2n) is 6.07. The Morgan fingerprint density at radius 3 is 2.40 bits per heavy atom. The first-order chi connectivity index (χ1) is 12.1. The van der Waals surface area contributed by atoms with E-state index in [1.807, 2.05) is 12.1 Å². The largest absolute Gasteiger partial charge is 0.491 e. The summed E-state index contributed by atoms with van der Waals surface area (Å²) in [5.41, 5.74) is -0.00755. The van der Waals surface area contributed by atoms with Crippen molar-refractivity contribution in [3.8, 4) is 5.75 Å². The monoisotopic (exact) mass is 350 g/mol. The molecule has 6 nitrogen and oxygen atoms in total. The molecule has 0 radical (unpaired) electrons. The number of benzene rings is 1. The van der Waals surface area contributed by atoms with Crippen LogP contribution in [0.1, 0.15) is 13.3 Å². The zero-order valence-electron chi connectivity index (χ0n) is 15.1. The van der Waals surface area contributed by atoms with E-state index < -0.39 is 0 Å². The molecule has 25 heavy (non-hydrogen) atoms. The fourth-order valence-corrected chi connectivity index (χ4v) is 2.68. The van der Waals surface area contributed by atoms with Gasteiger partial charge < -0.3 is 23.4 Å². The first-order valence-electron chi connectivity index (χ1n) is 8.35. The van der Waals surface area contributed by atoms with Crippen molar-refractivity contribution in [3.05, 3.63) is 40.8 Å². The van der Waals surface area contributed by atoms with Crippen LogP contribution < -0.4 is 10.4 Å². The van der Waals surface area contributed by atoms with E-state index in [2.05, 4.69) is 6.92 Å². The predicted octanol–water partition coefficient (Wildman–Crippen LogP) is 2.88. The molecule has 1 aromatic heterocycles. The van der Waals surface area contributed by atoms with E-state index in [0.29, 0.717) is 44.4 Å². The molecule has 0 fully saturated rings. The quantitative estimate of drug-likeness (QED) is 0.459. The number of ether oxygens (including phenoxy) is 4. The molecule has 138 valence electrons. The number of hydrogen-bond donors (Lipinski definition) is 0. The molecular weight excluding hydrogens is 324 g/mol. The summed E-state index contributed by atoms with van der Waals surface area (Å²) in [6.07, 6.45) is 0.902. The maximum absolute atomic E-state index is 11.3. The van der Waals surface area contributed by atoms with Crippen molar-refractivity contribution >= 4 is 11.0 Å². The predicted molar refractivity (Wildman–Crippen MR) is 95.3 cm³/mol. The molecule has 0 saturated carbocycles. The van der Waals surface area contributed by atoms with Gasteiger partial charge in [-0.1, -0.05) is 6.92 Å². The van der Waals surface area contributed by atoms with E-state index in [9.17, 15) is 4.79 Å². The molecule has 0 atom stereocenters. The third kappa shape index (κ3) is 5.56. The van der Waals surface area contributed by atoms with Gasteiger partial charge in [-0.05, 0) is 24.6 Å². The van der Waals surface area contributed by atoms with E-state index in [4.69, 9.17) is 23.4 Å². The van der Waals surface area contributed by atoms with Crippen molar-refractivity contribution in [1.29, 1.82) is 0 Å². The minimum Gasteiger partial charge on any atom is -0.491 e. The van der Waals surface area contributed by atoms with Gasteiger partial charge in [0.15, 0.2) is 0 Å². The lowest BCUT2D eigenvalue weighted by Crippen LogP contribution is -2.36. The molecule has 0 bridgehead atoms. The van der Waals surface area contributed by atoms with E-state index in [1.54, 1.807) is 26.4 Å². The van der Waals surface area contributed by atoms with Gasteiger partial charge in [0.05, 0.1) is 26.4 Å². The molecule has 6 heteroatoms. The summed E-state index contributed by atoms with van der Waals surface area (Å²) in [4.78, 5) is 11.3.